The number of hydrogen-bond acceptors (Lipinski definition) is 3. The van der Waals surface area contributed by atoms with Gasteiger partial charge in [-0.1, -0.05) is 31.2 Å². The van der Waals surface area contributed by atoms with E-state index in [0.717, 1.165) is 26.1 Å². The lowest BCUT2D eigenvalue weighted by Crippen LogP contribution is -2.30. The summed E-state index contributed by atoms with van der Waals surface area (Å²) in [7, 11) is 3.70. The van der Waals surface area contributed by atoms with Crippen molar-refractivity contribution >= 4 is 0 Å². The van der Waals surface area contributed by atoms with Crippen molar-refractivity contribution in [1.82, 2.24) is 5.32 Å². The molecule has 0 heterocycles. The third-order valence-corrected chi connectivity index (χ3v) is 3.40. The Morgan fingerprint density at radius 3 is 2.37 bits per heavy atom. The van der Waals surface area contributed by atoms with Crippen LogP contribution < -0.4 is 5.32 Å². The van der Waals surface area contributed by atoms with Crippen LogP contribution in [0.15, 0.2) is 24.3 Å². The second-order valence-corrected chi connectivity index (χ2v) is 4.78. The van der Waals surface area contributed by atoms with Crippen LogP contribution in [0.5, 0.6) is 0 Å². The average Bonchev–Trinajstić information content (AvgIpc) is 2.45. The molecular weight excluding hydrogens is 238 g/mol. The normalized spacial score (nSPS) is 14.3. The highest BCUT2D eigenvalue weighted by Gasteiger charge is 2.17. The van der Waals surface area contributed by atoms with Gasteiger partial charge in [0.15, 0.2) is 0 Å². The molecule has 3 nitrogen and oxygen atoms in total. The second kappa shape index (κ2) is 9.08. The van der Waals surface area contributed by atoms with Gasteiger partial charge in [0.2, 0.25) is 0 Å². The van der Waals surface area contributed by atoms with Crippen LogP contribution in [-0.4, -0.2) is 33.5 Å². The molecule has 1 N–H and O–H groups in total. The first-order valence-corrected chi connectivity index (χ1v) is 7.09. The third kappa shape index (κ3) is 5.31. The van der Waals surface area contributed by atoms with E-state index in [2.05, 4.69) is 43.4 Å². The van der Waals surface area contributed by atoms with E-state index in [0.29, 0.717) is 0 Å². The predicted octanol–water partition coefficient (Wildman–Crippen LogP) is 2.95. The first-order chi connectivity index (χ1) is 9.22. The van der Waals surface area contributed by atoms with Gasteiger partial charge in [-0.2, -0.15) is 0 Å². The molecule has 0 radical (unpaired) electrons. The highest BCUT2D eigenvalue weighted by molar-refractivity contribution is 5.25. The molecule has 108 valence electrons. The van der Waals surface area contributed by atoms with E-state index >= 15 is 0 Å². The van der Waals surface area contributed by atoms with Crippen LogP contribution in [0.25, 0.3) is 0 Å². The van der Waals surface area contributed by atoms with E-state index in [9.17, 15) is 0 Å². The van der Waals surface area contributed by atoms with Gasteiger partial charge < -0.3 is 14.8 Å². The van der Waals surface area contributed by atoms with Crippen molar-refractivity contribution in [2.45, 2.75) is 38.8 Å². The first-order valence-electron chi connectivity index (χ1n) is 7.09. The Kier molecular flexibility index (Phi) is 7.72. The summed E-state index contributed by atoms with van der Waals surface area (Å²) < 4.78 is 10.9. The summed E-state index contributed by atoms with van der Waals surface area (Å²) in [6, 6.07) is 8.99. The third-order valence-electron chi connectivity index (χ3n) is 3.40. The van der Waals surface area contributed by atoms with E-state index in [4.69, 9.17) is 9.47 Å². The van der Waals surface area contributed by atoms with Crippen molar-refractivity contribution in [3.8, 4) is 0 Å². The summed E-state index contributed by atoms with van der Waals surface area (Å²) in [6.07, 6.45) is 2.16. The van der Waals surface area contributed by atoms with Gasteiger partial charge in [-0.25, -0.2) is 0 Å². The van der Waals surface area contributed by atoms with Gasteiger partial charge in [0, 0.05) is 20.3 Å². The Hall–Kier alpha value is -0.900. The van der Waals surface area contributed by atoms with Crippen LogP contribution in [0, 0.1) is 0 Å². The fourth-order valence-electron chi connectivity index (χ4n) is 2.20. The molecule has 0 saturated carbocycles. The molecule has 0 aliphatic carbocycles. The van der Waals surface area contributed by atoms with Gasteiger partial charge in [0.1, 0.15) is 0 Å². The number of likely N-dealkylation sites (N-methyl/N-ethyl adjacent to an activating group) is 1. The predicted molar refractivity (Wildman–Crippen MR) is 79.5 cm³/mol. The Labute approximate surface area is 117 Å². The van der Waals surface area contributed by atoms with Crippen molar-refractivity contribution in [2.24, 2.45) is 0 Å². The molecule has 0 fully saturated rings. The molecule has 0 spiro atoms. The molecular formula is C16H27NO2. The maximum Gasteiger partial charge on any atom is 0.0741 e. The monoisotopic (exact) mass is 265 g/mol. The molecule has 0 aliphatic heterocycles. The van der Waals surface area contributed by atoms with Crippen molar-refractivity contribution < 1.29 is 9.47 Å². The average molecular weight is 265 g/mol. The zero-order chi connectivity index (χ0) is 14.1. The van der Waals surface area contributed by atoms with E-state index in [1.165, 1.54) is 11.1 Å². The summed E-state index contributed by atoms with van der Waals surface area (Å²) in [5.41, 5.74) is 2.64. The molecule has 19 heavy (non-hydrogen) atoms. The molecule has 0 saturated heterocycles. The van der Waals surface area contributed by atoms with Gasteiger partial charge in [-0.05, 0) is 37.9 Å². The van der Waals surface area contributed by atoms with Crippen LogP contribution in [0.3, 0.4) is 0 Å². The molecule has 1 aromatic rings. The SMILES string of the molecule is CCc1ccc(C(NC)C(C)OCCCOC)cc1. The van der Waals surface area contributed by atoms with Crippen molar-refractivity contribution in [3.63, 3.8) is 0 Å². The number of benzene rings is 1. The summed E-state index contributed by atoms with van der Waals surface area (Å²) in [5, 5.41) is 3.34. The largest absolute Gasteiger partial charge is 0.385 e. The number of ether oxygens (including phenoxy) is 2. The first kappa shape index (κ1) is 16.2. The molecule has 1 aromatic carbocycles. The Morgan fingerprint density at radius 2 is 1.84 bits per heavy atom. The molecule has 0 bridgehead atoms. The zero-order valence-corrected chi connectivity index (χ0v) is 12.6. The standard InChI is InChI=1S/C16H27NO2/c1-5-14-7-9-15(10-8-14)16(17-3)13(2)19-12-6-11-18-4/h7-10,13,16-17H,5-6,11-12H2,1-4H3. The Morgan fingerprint density at radius 1 is 1.16 bits per heavy atom. The lowest BCUT2D eigenvalue weighted by Gasteiger charge is -2.24. The number of hydrogen-bond donors (Lipinski definition) is 1. The molecule has 3 heteroatoms. The zero-order valence-electron chi connectivity index (χ0n) is 12.6. The van der Waals surface area contributed by atoms with E-state index in [-0.39, 0.29) is 12.1 Å². The minimum absolute atomic E-state index is 0.148. The number of aryl methyl sites for hydroxylation is 1. The lowest BCUT2D eigenvalue weighted by molar-refractivity contribution is 0.0287. The highest BCUT2D eigenvalue weighted by atomic mass is 16.5. The van der Waals surface area contributed by atoms with E-state index < -0.39 is 0 Å². The van der Waals surface area contributed by atoms with Gasteiger partial charge in [-0.3, -0.25) is 0 Å². The molecule has 2 atom stereocenters. The van der Waals surface area contributed by atoms with Crippen LogP contribution in [0.1, 0.15) is 37.4 Å². The number of rotatable bonds is 9. The van der Waals surface area contributed by atoms with Gasteiger partial charge in [0.05, 0.1) is 12.1 Å². The van der Waals surface area contributed by atoms with E-state index in [1.807, 2.05) is 7.05 Å². The van der Waals surface area contributed by atoms with Gasteiger partial charge >= 0.3 is 0 Å². The smallest absolute Gasteiger partial charge is 0.0741 e. The fraction of sp³-hybridized carbons (Fsp3) is 0.625. The minimum atomic E-state index is 0.148. The highest BCUT2D eigenvalue weighted by Crippen LogP contribution is 2.19. The maximum atomic E-state index is 5.87. The number of methoxy groups -OCH3 is 1. The minimum Gasteiger partial charge on any atom is -0.385 e. The fourth-order valence-corrected chi connectivity index (χ4v) is 2.20. The van der Waals surface area contributed by atoms with Crippen LogP contribution in [0.2, 0.25) is 0 Å². The van der Waals surface area contributed by atoms with Crippen LogP contribution in [-0.2, 0) is 15.9 Å². The Balaban J connectivity index is 2.54. The summed E-state index contributed by atoms with van der Waals surface area (Å²) in [6.45, 7) is 5.77. The lowest BCUT2D eigenvalue weighted by atomic mass is 10.0. The van der Waals surface area contributed by atoms with Crippen molar-refractivity contribution in [1.29, 1.82) is 0 Å². The maximum absolute atomic E-state index is 5.87. The topological polar surface area (TPSA) is 30.5 Å². The molecule has 2 unspecified atom stereocenters. The molecule has 0 aliphatic rings. The summed E-state index contributed by atoms with van der Waals surface area (Å²) in [5.74, 6) is 0. The quantitative estimate of drug-likeness (QED) is 0.696. The second-order valence-electron chi connectivity index (χ2n) is 4.78. The van der Waals surface area contributed by atoms with E-state index in [1.54, 1.807) is 7.11 Å². The van der Waals surface area contributed by atoms with Gasteiger partial charge in [-0.15, -0.1) is 0 Å². The summed E-state index contributed by atoms with van der Waals surface area (Å²) in [4.78, 5) is 0. The van der Waals surface area contributed by atoms with Gasteiger partial charge in [0.25, 0.3) is 0 Å². The van der Waals surface area contributed by atoms with Crippen LogP contribution >= 0.6 is 0 Å². The summed E-state index contributed by atoms with van der Waals surface area (Å²) >= 11 is 0. The van der Waals surface area contributed by atoms with Crippen molar-refractivity contribution in [2.75, 3.05) is 27.4 Å². The Bertz CT molecular complexity index is 337. The molecule has 0 aromatic heterocycles. The molecule has 0 amide bonds. The van der Waals surface area contributed by atoms with Crippen molar-refractivity contribution in [3.05, 3.63) is 35.4 Å². The van der Waals surface area contributed by atoms with Crippen LogP contribution in [0.4, 0.5) is 0 Å². The number of nitrogens with one attached hydrogen (secondary N) is 1. The molecule has 1 rings (SSSR count).